The number of benzene rings is 4. The quantitative estimate of drug-likeness (QED) is 0.0354. The Balaban J connectivity index is 1.21. The first kappa shape index (κ1) is 40.8. The molecule has 0 aliphatic rings. The Kier molecular flexibility index (Phi) is 16.3. The first-order valence-corrected chi connectivity index (χ1v) is 17.8. The van der Waals surface area contributed by atoms with Crippen LogP contribution in [0.3, 0.4) is 0 Å². The van der Waals surface area contributed by atoms with E-state index in [-0.39, 0.29) is 23.0 Å². The van der Waals surface area contributed by atoms with Crippen LogP contribution in [-0.2, 0) is 23.8 Å². The molecule has 11 nitrogen and oxygen atoms in total. The summed E-state index contributed by atoms with van der Waals surface area (Å²) >= 11 is 0. The molecule has 4 aromatic carbocycles. The van der Waals surface area contributed by atoms with Crippen molar-refractivity contribution in [2.45, 2.75) is 46.0 Å². The number of unbranched alkanes of at least 4 members (excludes halogenated alkanes) is 2. The summed E-state index contributed by atoms with van der Waals surface area (Å²) in [6.45, 7) is 9.49. The third kappa shape index (κ3) is 13.2. The molecule has 0 spiro atoms. The predicted octanol–water partition coefficient (Wildman–Crippen LogP) is 8.33. The third-order valence-corrected chi connectivity index (χ3v) is 7.86. The number of methoxy groups -OCH3 is 1. The van der Waals surface area contributed by atoms with Crippen LogP contribution in [0.1, 0.15) is 72.2 Å². The van der Waals surface area contributed by atoms with Crippen molar-refractivity contribution in [3.63, 3.8) is 0 Å². The standard InChI is InChI=1S/C43H46O11/c1-5-6-24-51-40(44)21-11-31-10-20-38(39(27-31)48-4)54-42(46)32-14-17-36(18-15-32)53-43(47)35-13-12-34-29-37(19-16-33(34)28-35)50-25-8-7-22-49-23-9-26-52-41(45)30(2)3/h10-21,27-29H,2,5-9,22-26H2,1,3-4H3/b21-11+. The fourth-order valence-corrected chi connectivity index (χ4v) is 4.87. The molecule has 0 unspecified atom stereocenters. The van der Waals surface area contributed by atoms with Crippen LogP contribution in [0, 0.1) is 0 Å². The molecule has 284 valence electrons. The summed E-state index contributed by atoms with van der Waals surface area (Å²) in [5.41, 5.74) is 1.65. The topological polar surface area (TPSA) is 133 Å². The molecule has 0 atom stereocenters. The number of hydrogen-bond donors (Lipinski definition) is 0. The van der Waals surface area contributed by atoms with Crippen LogP contribution >= 0.6 is 0 Å². The highest BCUT2D eigenvalue weighted by Gasteiger charge is 2.15. The molecule has 0 aromatic heterocycles. The van der Waals surface area contributed by atoms with E-state index in [1.54, 1.807) is 43.3 Å². The van der Waals surface area contributed by atoms with E-state index in [2.05, 4.69) is 6.58 Å². The number of esters is 4. The largest absolute Gasteiger partial charge is 0.494 e. The van der Waals surface area contributed by atoms with Crippen molar-refractivity contribution in [3.8, 4) is 23.0 Å². The zero-order valence-electron chi connectivity index (χ0n) is 30.9. The van der Waals surface area contributed by atoms with Gasteiger partial charge in [0.1, 0.15) is 11.5 Å². The third-order valence-electron chi connectivity index (χ3n) is 7.86. The lowest BCUT2D eigenvalue weighted by atomic mass is 10.1. The van der Waals surface area contributed by atoms with Gasteiger partial charge in [-0.25, -0.2) is 19.2 Å². The van der Waals surface area contributed by atoms with Gasteiger partial charge in [0, 0.05) is 31.3 Å². The zero-order valence-corrected chi connectivity index (χ0v) is 30.9. The van der Waals surface area contributed by atoms with Crippen molar-refractivity contribution >= 4 is 40.7 Å². The zero-order chi connectivity index (χ0) is 38.7. The molecule has 0 fully saturated rings. The van der Waals surface area contributed by atoms with E-state index in [9.17, 15) is 19.2 Å². The van der Waals surface area contributed by atoms with Gasteiger partial charge in [-0.15, -0.1) is 0 Å². The van der Waals surface area contributed by atoms with Crippen LogP contribution in [-0.4, -0.2) is 64.0 Å². The van der Waals surface area contributed by atoms with Crippen molar-refractivity contribution in [2.24, 2.45) is 0 Å². The number of rotatable bonds is 21. The summed E-state index contributed by atoms with van der Waals surface area (Å²) < 4.78 is 38.1. The Labute approximate surface area is 315 Å². The van der Waals surface area contributed by atoms with Crippen LogP contribution in [0.4, 0.5) is 0 Å². The highest BCUT2D eigenvalue weighted by molar-refractivity contribution is 5.97. The minimum Gasteiger partial charge on any atom is -0.494 e. The molecule has 0 aliphatic carbocycles. The number of hydrogen-bond acceptors (Lipinski definition) is 11. The average Bonchev–Trinajstić information content (AvgIpc) is 3.18. The molecule has 0 radical (unpaired) electrons. The summed E-state index contributed by atoms with van der Waals surface area (Å²) in [6.07, 6.45) is 6.94. The molecular weight excluding hydrogens is 692 g/mol. The Morgan fingerprint density at radius 3 is 2.07 bits per heavy atom. The van der Waals surface area contributed by atoms with Gasteiger partial charge in [-0.2, -0.15) is 0 Å². The van der Waals surface area contributed by atoms with Gasteiger partial charge in [-0.1, -0.05) is 38.1 Å². The smallest absolute Gasteiger partial charge is 0.343 e. The molecule has 4 rings (SSSR count). The normalized spacial score (nSPS) is 10.9. The first-order chi connectivity index (χ1) is 26.2. The Bertz CT molecular complexity index is 1930. The Morgan fingerprint density at radius 1 is 0.648 bits per heavy atom. The molecule has 0 N–H and O–H groups in total. The van der Waals surface area contributed by atoms with Gasteiger partial charge in [-0.3, -0.25) is 0 Å². The number of carbonyl (C=O) groups is 4. The fourth-order valence-electron chi connectivity index (χ4n) is 4.87. The summed E-state index contributed by atoms with van der Waals surface area (Å²) in [7, 11) is 1.45. The maximum Gasteiger partial charge on any atom is 0.343 e. The van der Waals surface area contributed by atoms with E-state index in [1.807, 2.05) is 31.2 Å². The van der Waals surface area contributed by atoms with Crippen LogP contribution < -0.4 is 18.9 Å². The second-order valence-corrected chi connectivity index (χ2v) is 12.2. The van der Waals surface area contributed by atoms with E-state index >= 15 is 0 Å². The fraction of sp³-hybridized carbons (Fsp3) is 0.302. The molecule has 54 heavy (non-hydrogen) atoms. The molecule has 0 bridgehead atoms. The lowest BCUT2D eigenvalue weighted by Crippen LogP contribution is -2.10. The van der Waals surface area contributed by atoms with Gasteiger partial charge >= 0.3 is 23.9 Å². The van der Waals surface area contributed by atoms with E-state index in [4.69, 9.17) is 33.2 Å². The maximum absolute atomic E-state index is 13.0. The molecule has 0 saturated carbocycles. The first-order valence-electron chi connectivity index (χ1n) is 17.8. The van der Waals surface area contributed by atoms with Crippen LogP contribution in [0.5, 0.6) is 23.0 Å². The molecule has 0 aliphatic heterocycles. The maximum atomic E-state index is 13.0. The molecule has 0 amide bonds. The molecular formula is C43H46O11. The van der Waals surface area contributed by atoms with Gasteiger partial charge < -0.3 is 33.2 Å². The van der Waals surface area contributed by atoms with Crippen molar-refractivity contribution in [1.29, 1.82) is 0 Å². The van der Waals surface area contributed by atoms with Crippen LogP contribution in [0.25, 0.3) is 16.8 Å². The number of ether oxygens (including phenoxy) is 7. The SMILES string of the molecule is C=C(C)C(=O)OCCCOCCCCOc1ccc2cc(C(=O)Oc3ccc(C(=O)Oc4ccc(/C=C/C(=O)OCCCC)cc4OC)cc3)ccc2c1. The second kappa shape index (κ2) is 21.6. The lowest BCUT2D eigenvalue weighted by Gasteiger charge is -2.11. The number of fused-ring (bicyclic) bond motifs is 1. The predicted molar refractivity (Wildman–Crippen MR) is 204 cm³/mol. The van der Waals surface area contributed by atoms with E-state index in [1.165, 1.54) is 37.5 Å². The van der Waals surface area contributed by atoms with Crippen molar-refractivity contribution < 1.29 is 52.3 Å². The summed E-state index contributed by atoms with van der Waals surface area (Å²) in [4.78, 5) is 49.1. The lowest BCUT2D eigenvalue weighted by molar-refractivity contribution is -0.139. The van der Waals surface area contributed by atoms with E-state index < -0.39 is 17.9 Å². The van der Waals surface area contributed by atoms with Gasteiger partial charge in [0.15, 0.2) is 11.5 Å². The van der Waals surface area contributed by atoms with Gasteiger partial charge in [0.05, 0.1) is 38.1 Å². The Morgan fingerprint density at radius 2 is 1.31 bits per heavy atom. The summed E-state index contributed by atoms with van der Waals surface area (Å²) in [5, 5.41) is 1.76. The van der Waals surface area contributed by atoms with Gasteiger partial charge in [-0.05, 0) is 109 Å². The molecule has 4 aromatic rings. The molecule has 11 heteroatoms. The van der Waals surface area contributed by atoms with Crippen LogP contribution in [0.2, 0.25) is 0 Å². The van der Waals surface area contributed by atoms with E-state index in [0.29, 0.717) is 61.9 Å². The summed E-state index contributed by atoms with van der Waals surface area (Å²) in [6, 6.07) is 21.8. The van der Waals surface area contributed by atoms with Gasteiger partial charge in [0.25, 0.3) is 0 Å². The van der Waals surface area contributed by atoms with Crippen LogP contribution in [0.15, 0.2) is 97.1 Å². The minimum absolute atomic E-state index is 0.200. The van der Waals surface area contributed by atoms with Crippen molar-refractivity contribution in [2.75, 3.05) is 40.1 Å². The second-order valence-electron chi connectivity index (χ2n) is 12.2. The monoisotopic (exact) mass is 738 g/mol. The van der Waals surface area contributed by atoms with Crippen molar-refractivity contribution in [1.82, 2.24) is 0 Å². The number of carbonyl (C=O) groups excluding carboxylic acids is 4. The Hall–Kier alpha value is -5.94. The highest BCUT2D eigenvalue weighted by atomic mass is 16.6. The summed E-state index contributed by atoms with van der Waals surface area (Å²) in [5.74, 6) is -0.510. The van der Waals surface area contributed by atoms with Gasteiger partial charge in [0.2, 0.25) is 0 Å². The minimum atomic E-state index is -0.631. The van der Waals surface area contributed by atoms with Crippen molar-refractivity contribution in [3.05, 3.63) is 114 Å². The molecule has 0 heterocycles. The molecule has 0 saturated heterocycles. The average molecular weight is 739 g/mol. The highest BCUT2D eigenvalue weighted by Crippen LogP contribution is 2.30. The van der Waals surface area contributed by atoms with E-state index in [0.717, 1.165) is 42.2 Å².